The van der Waals surface area contributed by atoms with Gasteiger partial charge in [-0.05, 0) is 45.0 Å². The van der Waals surface area contributed by atoms with Crippen molar-refractivity contribution in [3.05, 3.63) is 58.0 Å². The Labute approximate surface area is 203 Å². The van der Waals surface area contributed by atoms with Crippen molar-refractivity contribution in [1.29, 1.82) is 0 Å². The second-order valence-electron chi connectivity index (χ2n) is 8.36. The second kappa shape index (κ2) is 11.0. The molecule has 3 aromatic rings. The van der Waals surface area contributed by atoms with Gasteiger partial charge < -0.3 is 9.64 Å². The molecule has 0 saturated carbocycles. The number of hydrogen-bond acceptors (Lipinski definition) is 8. The first-order chi connectivity index (χ1) is 16.5. The highest BCUT2D eigenvalue weighted by Gasteiger charge is 2.20. The molecule has 0 atom stereocenters. The molecule has 0 N–H and O–H groups in total. The molecule has 1 fully saturated rings. The van der Waals surface area contributed by atoms with E-state index in [1.807, 2.05) is 6.07 Å². The minimum Gasteiger partial charge on any atom is -0.462 e. The van der Waals surface area contributed by atoms with Crippen molar-refractivity contribution in [2.24, 2.45) is 7.05 Å². The highest BCUT2D eigenvalue weighted by atomic mass is 32.2. The summed E-state index contributed by atoms with van der Waals surface area (Å²) in [4.78, 5) is 39.4. The summed E-state index contributed by atoms with van der Waals surface area (Å²) in [5.74, 6) is 0.325. The summed E-state index contributed by atoms with van der Waals surface area (Å²) < 4.78 is 6.63. The Morgan fingerprint density at radius 1 is 1.12 bits per heavy atom. The first-order valence-electron chi connectivity index (χ1n) is 11.7. The third-order valence-electron chi connectivity index (χ3n) is 5.97. The number of pyridine rings is 1. The van der Waals surface area contributed by atoms with Crippen molar-refractivity contribution in [3.8, 4) is 0 Å². The molecule has 1 aliphatic heterocycles. The van der Waals surface area contributed by atoms with Crippen LogP contribution in [0.25, 0.3) is 11.0 Å². The Morgan fingerprint density at radius 2 is 1.85 bits per heavy atom. The van der Waals surface area contributed by atoms with Crippen LogP contribution in [0.3, 0.4) is 0 Å². The molecule has 9 heteroatoms. The van der Waals surface area contributed by atoms with Crippen LogP contribution in [0.5, 0.6) is 0 Å². The first kappa shape index (κ1) is 24.2. The molecule has 4 rings (SSSR count). The number of piperazine rings is 1. The van der Waals surface area contributed by atoms with E-state index in [-0.39, 0.29) is 23.1 Å². The lowest BCUT2D eigenvalue weighted by molar-refractivity contribution is 0.0528. The molecule has 0 bridgehead atoms. The Bertz CT molecular complexity index is 1210. The van der Waals surface area contributed by atoms with Crippen LogP contribution in [0.15, 0.2) is 46.3 Å². The van der Waals surface area contributed by atoms with E-state index in [9.17, 15) is 9.59 Å². The van der Waals surface area contributed by atoms with Crippen LogP contribution in [0.1, 0.15) is 29.4 Å². The summed E-state index contributed by atoms with van der Waals surface area (Å²) in [5.41, 5.74) is 2.16. The summed E-state index contributed by atoms with van der Waals surface area (Å²) in [6.07, 6.45) is 0.999. The van der Waals surface area contributed by atoms with Crippen LogP contribution in [-0.4, -0.2) is 70.5 Å². The second-order valence-corrected chi connectivity index (χ2v) is 9.42. The first-order valence-corrected chi connectivity index (χ1v) is 12.7. The SMILES string of the molecule is CCOC(=O)c1cc(C)nc2nc(SCCCN3CCN(c4ccccc4)CC3)n(C)c(=O)c12. The van der Waals surface area contributed by atoms with Crippen molar-refractivity contribution in [1.82, 2.24) is 19.4 Å². The van der Waals surface area contributed by atoms with Gasteiger partial charge in [-0.15, -0.1) is 0 Å². The molecule has 2 aromatic heterocycles. The molecule has 1 saturated heterocycles. The predicted octanol–water partition coefficient (Wildman–Crippen LogP) is 3.12. The monoisotopic (exact) mass is 481 g/mol. The van der Waals surface area contributed by atoms with E-state index in [2.05, 4.69) is 44.0 Å². The number of nitrogens with zero attached hydrogens (tertiary/aromatic N) is 5. The molecule has 0 amide bonds. The van der Waals surface area contributed by atoms with E-state index in [4.69, 9.17) is 4.74 Å². The van der Waals surface area contributed by atoms with Gasteiger partial charge in [0.25, 0.3) is 5.56 Å². The van der Waals surface area contributed by atoms with Crippen molar-refractivity contribution < 1.29 is 9.53 Å². The largest absolute Gasteiger partial charge is 0.462 e. The summed E-state index contributed by atoms with van der Waals surface area (Å²) >= 11 is 1.55. The van der Waals surface area contributed by atoms with Crippen LogP contribution in [0.4, 0.5) is 5.69 Å². The average molecular weight is 482 g/mol. The van der Waals surface area contributed by atoms with Crippen LogP contribution in [0, 0.1) is 6.92 Å². The van der Waals surface area contributed by atoms with E-state index in [1.54, 1.807) is 38.7 Å². The van der Waals surface area contributed by atoms with E-state index in [0.717, 1.165) is 44.9 Å². The van der Waals surface area contributed by atoms with Gasteiger partial charge in [0.05, 0.1) is 17.6 Å². The van der Waals surface area contributed by atoms with Gasteiger partial charge in [-0.3, -0.25) is 14.3 Å². The Kier molecular flexibility index (Phi) is 7.84. The molecule has 1 aromatic carbocycles. The number of carbonyl (C=O) groups is 1. The number of fused-ring (bicyclic) bond motifs is 1. The topological polar surface area (TPSA) is 80.6 Å². The van der Waals surface area contributed by atoms with Gasteiger partial charge in [0.2, 0.25) is 0 Å². The number of thioether (sulfide) groups is 1. The van der Waals surface area contributed by atoms with Crippen LogP contribution < -0.4 is 10.5 Å². The number of aryl methyl sites for hydroxylation is 1. The molecule has 3 heterocycles. The quantitative estimate of drug-likeness (QED) is 0.210. The number of carbonyl (C=O) groups excluding carboxylic acids is 1. The van der Waals surface area contributed by atoms with Gasteiger partial charge in [-0.1, -0.05) is 30.0 Å². The van der Waals surface area contributed by atoms with Gasteiger partial charge in [-0.2, -0.15) is 0 Å². The molecule has 34 heavy (non-hydrogen) atoms. The van der Waals surface area contributed by atoms with Crippen LogP contribution >= 0.6 is 11.8 Å². The Balaban J connectivity index is 1.36. The highest BCUT2D eigenvalue weighted by molar-refractivity contribution is 7.99. The van der Waals surface area contributed by atoms with Crippen LogP contribution in [0.2, 0.25) is 0 Å². The maximum Gasteiger partial charge on any atom is 0.339 e. The van der Waals surface area contributed by atoms with Crippen molar-refractivity contribution in [2.75, 3.05) is 50.0 Å². The molecule has 0 aliphatic carbocycles. The number of ether oxygens (including phenoxy) is 1. The minimum absolute atomic E-state index is 0.215. The summed E-state index contributed by atoms with van der Waals surface area (Å²) in [6, 6.07) is 12.1. The molecule has 180 valence electrons. The van der Waals surface area contributed by atoms with Gasteiger partial charge in [0, 0.05) is 50.4 Å². The molecular formula is C25H31N5O3S. The third-order valence-corrected chi connectivity index (χ3v) is 7.09. The molecule has 0 radical (unpaired) electrons. The van der Waals surface area contributed by atoms with Gasteiger partial charge in [-0.25, -0.2) is 14.8 Å². The van der Waals surface area contributed by atoms with E-state index < -0.39 is 5.97 Å². The highest BCUT2D eigenvalue weighted by Crippen LogP contribution is 2.21. The minimum atomic E-state index is -0.523. The van der Waals surface area contributed by atoms with Crippen molar-refractivity contribution in [2.45, 2.75) is 25.4 Å². The zero-order valence-corrected chi connectivity index (χ0v) is 20.8. The van der Waals surface area contributed by atoms with Gasteiger partial charge in [0.15, 0.2) is 10.8 Å². The van der Waals surface area contributed by atoms with Crippen LogP contribution in [-0.2, 0) is 11.8 Å². The number of esters is 1. The molecule has 0 unspecified atom stereocenters. The molecular weight excluding hydrogens is 450 g/mol. The fraction of sp³-hybridized carbons (Fsp3) is 0.440. The van der Waals surface area contributed by atoms with E-state index >= 15 is 0 Å². The Hall–Kier alpha value is -2.91. The zero-order valence-electron chi connectivity index (χ0n) is 20.0. The predicted molar refractivity (Wildman–Crippen MR) is 136 cm³/mol. The maximum atomic E-state index is 13.1. The fourth-order valence-electron chi connectivity index (χ4n) is 4.19. The summed E-state index contributed by atoms with van der Waals surface area (Å²) in [6.45, 7) is 8.94. The van der Waals surface area contributed by atoms with Crippen molar-refractivity contribution in [3.63, 3.8) is 0 Å². The van der Waals surface area contributed by atoms with E-state index in [0.29, 0.717) is 16.5 Å². The Morgan fingerprint density at radius 3 is 2.56 bits per heavy atom. The van der Waals surface area contributed by atoms with Gasteiger partial charge in [0.1, 0.15) is 0 Å². The standard InChI is InChI=1S/C25H31N5O3S/c1-4-33-24(32)20-17-18(2)26-22-21(20)23(31)28(3)25(27-22)34-16-8-11-29-12-14-30(15-13-29)19-9-6-5-7-10-19/h5-7,9-10,17H,4,8,11-16H2,1-3H3. The van der Waals surface area contributed by atoms with E-state index in [1.165, 1.54) is 10.3 Å². The number of hydrogen-bond donors (Lipinski definition) is 0. The van der Waals surface area contributed by atoms with Crippen molar-refractivity contribution >= 4 is 34.5 Å². The number of anilines is 1. The number of aromatic nitrogens is 3. The lowest BCUT2D eigenvalue weighted by Crippen LogP contribution is -2.46. The summed E-state index contributed by atoms with van der Waals surface area (Å²) in [7, 11) is 1.69. The molecule has 1 aliphatic rings. The fourth-order valence-corrected chi connectivity index (χ4v) is 5.07. The molecule has 0 spiro atoms. The average Bonchev–Trinajstić information content (AvgIpc) is 2.85. The lowest BCUT2D eigenvalue weighted by Gasteiger charge is -2.36. The zero-order chi connectivity index (χ0) is 24.1. The summed E-state index contributed by atoms with van der Waals surface area (Å²) in [5, 5.41) is 0.825. The number of para-hydroxylation sites is 1. The number of benzene rings is 1. The third kappa shape index (κ3) is 5.42. The van der Waals surface area contributed by atoms with Gasteiger partial charge >= 0.3 is 5.97 Å². The maximum absolute atomic E-state index is 13.1. The normalized spacial score (nSPS) is 14.5. The number of rotatable bonds is 8. The lowest BCUT2D eigenvalue weighted by atomic mass is 10.1. The molecule has 8 nitrogen and oxygen atoms in total. The smallest absolute Gasteiger partial charge is 0.339 e.